The minimum absolute atomic E-state index is 0.146. The van der Waals surface area contributed by atoms with E-state index in [4.69, 9.17) is 9.47 Å². The van der Waals surface area contributed by atoms with Gasteiger partial charge in [-0.3, -0.25) is 19.2 Å². The van der Waals surface area contributed by atoms with Gasteiger partial charge in [-0.2, -0.15) is 0 Å². The van der Waals surface area contributed by atoms with E-state index in [1.165, 1.54) is 0 Å². The van der Waals surface area contributed by atoms with E-state index in [1.807, 2.05) is 24.3 Å². The van der Waals surface area contributed by atoms with Crippen LogP contribution in [0.2, 0.25) is 0 Å². The third-order valence-electron chi connectivity index (χ3n) is 6.78. The van der Waals surface area contributed by atoms with Crippen molar-refractivity contribution in [3.05, 3.63) is 24.3 Å². The van der Waals surface area contributed by atoms with Gasteiger partial charge in [0.2, 0.25) is 0 Å². The largest absolute Gasteiger partial charge is 0.466 e. The number of esters is 4. The molecule has 5 rings (SSSR count). The number of carbonyl (C=O) groups excluding carboxylic acids is 4. The molecule has 1 heterocycles. The van der Waals surface area contributed by atoms with Gasteiger partial charge in [-0.15, -0.1) is 0 Å². The molecule has 0 aromatic heterocycles. The number of allylic oxidation sites excluding steroid dienone is 4. The number of carbonyl (C=O) groups is 4. The molecule has 5 aliphatic rings. The smallest absolute Gasteiger partial charge is 0.318 e. The standard InChI is InChI=1S/C13H18O4.C9H8O3/c1-3-16-12(14)10-8-5-6-9(7-8)11(10)13(15)17-4-2;10-8-6-4-1-2-5(3-4)7(6)9(11)12-8/h5-6,8-11H,3-4,7H2,1-2H3;1-2,4-7H,3H2. The molecule has 7 heteroatoms. The lowest BCUT2D eigenvalue weighted by Gasteiger charge is -2.24. The molecule has 0 aromatic carbocycles. The minimum atomic E-state index is -0.344. The Bertz CT molecular complexity index is 722. The molecule has 0 spiro atoms. The lowest BCUT2D eigenvalue weighted by atomic mass is 9.83. The molecule has 0 N–H and O–H groups in total. The van der Waals surface area contributed by atoms with Gasteiger partial charge in [0.05, 0.1) is 36.9 Å². The second kappa shape index (κ2) is 7.76. The van der Waals surface area contributed by atoms with E-state index >= 15 is 0 Å². The number of ether oxygens (including phenoxy) is 3. The summed E-state index contributed by atoms with van der Waals surface area (Å²) in [6.07, 6.45) is 9.99. The Kier molecular flexibility index (Phi) is 5.32. The van der Waals surface area contributed by atoms with Crippen LogP contribution in [-0.4, -0.2) is 37.1 Å². The van der Waals surface area contributed by atoms with Crippen LogP contribution in [0.1, 0.15) is 26.7 Å². The van der Waals surface area contributed by atoms with Gasteiger partial charge in [0.15, 0.2) is 0 Å². The number of cyclic esters (lactones) is 2. The van der Waals surface area contributed by atoms with Crippen molar-refractivity contribution in [2.75, 3.05) is 13.2 Å². The van der Waals surface area contributed by atoms with Gasteiger partial charge in [0.25, 0.3) is 0 Å². The Hall–Kier alpha value is -2.44. The van der Waals surface area contributed by atoms with E-state index in [0.717, 1.165) is 12.8 Å². The lowest BCUT2D eigenvalue weighted by molar-refractivity contribution is -0.160. The minimum Gasteiger partial charge on any atom is -0.466 e. The first-order valence-electron chi connectivity index (χ1n) is 10.4. The van der Waals surface area contributed by atoms with Gasteiger partial charge in [0.1, 0.15) is 0 Å². The van der Waals surface area contributed by atoms with Crippen molar-refractivity contribution in [3.8, 4) is 0 Å². The van der Waals surface area contributed by atoms with Crippen LogP contribution in [0.15, 0.2) is 24.3 Å². The van der Waals surface area contributed by atoms with Gasteiger partial charge in [-0.1, -0.05) is 24.3 Å². The van der Waals surface area contributed by atoms with Gasteiger partial charge in [0, 0.05) is 0 Å². The molecule has 0 amide bonds. The fourth-order valence-electron chi connectivity index (χ4n) is 5.64. The molecule has 0 aromatic rings. The van der Waals surface area contributed by atoms with Crippen LogP contribution >= 0.6 is 0 Å². The number of hydrogen-bond acceptors (Lipinski definition) is 7. The molecule has 8 atom stereocenters. The van der Waals surface area contributed by atoms with Crippen molar-refractivity contribution in [2.45, 2.75) is 26.7 Å². The second-order valence-corrected chi connectivity index (χ2v) is 8.24. The van der Waals surface area contributed by atoms with Crippen LogP contribution < -0.4 is 0 Å². The third-order valence-corrected chi connectivity index (χ3v) is 6.78. The number of fused-ring (bicyclic) bond motifs is 7. The Morgan fingerprint density at radius 2 is 1.17 bits per heavy atom. The highest BCUT2D eigenvalue weighted by Gasteiger charge is 2.58. The zero-order valence-electron chi connectivity index (χ0n) is 16.6. The molecule has 4 bridgehead atoms. The summed E-state index contributed by atoms with van der Waals surface area (Å²) in [6, 6.07) is 0. The molecule has 8 unspecified atom stereocenters. The highest BCUT2D eigenvalue weighted by Crippen LogP contribution is 2.51. The maximum atomic E-state index is 11.9. The Labute approximate surface area is 169 Å². The van der Waals surface area contributed by atoms with Crippen LogP contribution in [0.25, 0.3) is 0 Å². The average molecular weight is 402 g/mol. The Balaban J connectivity index is 0.000000149. The van der Waals surface area contributed by atoms with E-state index in [-0.39, 0.29) is 71.2 Å². The van der Waals surface area contributed by atoms with Crippen molar-refractivity contribution in [3.63, 3.8) is 0 Å². The topological polar surface area (TPSA) is 96.0 Å². The maximum Gasteiger partial charge on any atom is 0.318 e. The molecule has 29 heavy (non-hydrogen) atoms. The van der Waals surface area contributed by atoms with Crippen LogP contribution in [0.4, 0.5) is 0 Å². The molecule has 1 saturated heterocycles. The first kappa shape index (κ1) is 19.9. The molecular formula is C22H26O7. The second-order valence-electron chi connectivity index (χ2n) is 8.24. The van der Waals surface area contributed by atoms with Gasteiger partial charge < -0.3 is 14.2 Å². The zero-order valence-corrected chi connectivity index (χ0v) is 16.6. The zero-order chi connectivity index (χ0) is 20.7. The molecule has 0 radical (unpaired) electrons. The number of rotatable bonds is 4. The average Bonchev–Trinajstić information content (AvgIpc) is 3.49. The van der Waals surface area contributed by atoms with Crippen molar-refractivity contribution in [1.82, 2.24) is 0 Å². The van der Waals surface area contributed by atoms with Crippen LogP contribution in [0.5, 0.6) is 0 Å². The van der Waals surface area contributed by atoms with Crippen LogP contribution in [0, 0.1) is 47.3 Å². The van der Waals surface area contributed by atoms with Crippen LogP contribution in [-0.2, 0) is 33.4 Å². The third kappa shape index (κ3) is 3.30. The first-order valence-corrected chi connectivity index (χ1v) is 10.4. The normalized spacial score (nSPS) is 39.8. The maximum absolute atomic E-state index is 11.9. The van der Waals surface area contributed by atoms with E-state index in [0.29, 0.717) is 13.2 Å². The molecule has 4 aliphatic carbocycles. The molecule has 7 nitrogen and oxygen atoms in total. The van der Waals surface area contributed by atoms with Gasteiger partial charge in [-0.25, -0.2) is 0 Å². The molecule has 1 aliphatic heterocycles. The predicted molar refractivity (Wildman–Crippen MR) is 99.8 cm³/mol. The molecule has 3 fully saturated rings. The summed E-state index contributed by atoms with van der Waals surface area (Å²) in [6.45, 7) is 4.26. The van der Waals surface area contributed by atoms with Gasteiger partial charge in [-0.05, 0) is 50.4 Å². The Morgan fingerprint density at radius 1 is 0.793 bits per heavy atom. The van der Waals surface area contributed by atoms with Crippen molar-refractivity contribution < 1.29 is 33.4 Å². The van der Waals surface area contributed by atoms with Crippen molar-refractivity contribution in [2.24, 2.45) is 47.3 Å². The SMILES string of the molecule is CCOC(=O)C1C2C=CC(C2)C1C(=O)OCC.O=C1OC(=O)C2C3C=CC(C3)C12. The van der Waals surface area contributed by atoms with E-state index in [1.54, 1.807) is 13.8 Å². The molecule has 2 saturated carbocycles. The molecular weight excluding hydrogens is 376 g/mol. The first-order chi connectivity index (χ1) is 14.0. The molecule has 156 valence electrons. The van der Waals surface area contributed by atoms with Crippen molar-refractivity contribution >= 4 is 23.9 Å². The van der Waals surface area contributed by atoms with E-state index in [9.17, 15) is 19.2 Å². The quantitative estimate of drug-likeness (QED) is 0.307. The number of hydrogen-bond donors (Lipinski definition) is 0. The summed E-state index contributed by atoms with van der Waals surface area (Å²) in [4.78, 5) is 46.1. The fraction of sp³-hybridized carbons (Fsp3) is 0.636. The summed E-state index contributed by atoms with van der Waals surface area (Å²) in [7, 11) is 0. The summed E-state index contributed by atoms with van der Waals surface area (Å²) in [5.41, 5.74) is 0. The summed E-state index contributed by atoms with van der Waals surface area (Å²) in [5, 5.41) is 0. The highest BCUT2D eigenvalue weighted by molar-refractivity contribution is 5.98. The fourth-order valence-corrected chi connectivity index (χ4v) is 5.64. The Morgan fingerprint density at radius 3 is 1.59 bits per heavy atom. The summed E-state index contributed by atoms with van der Waals surface area (Å²) in [5.74, 6) is -1.26. The predicted octanol–water partition coefficient (Wildman–Crippen LogP) is 2.06. The van der Waals surface area contributed by atoms with E-state index < -0.39 is 0 Å². The van der Waals surface area contributed by atoms with E-state index in [2.05, 4.69) is 4.74 Å². The van der Waals surface area contributed by atoms with Crippen molar-refractivity contribution in [1.29, 1.82) is 0 Å². The summed E-state index contributed by atoms with van der Waals surface area (Å²) < 4.78 is 14.7. The highest BCUT2D eigenvalue weighted by atomic mass is 16.6. The monoisotopic (exact) mass is 402 g/mol. The lowest BCUT2D eigenvalue weighted by Crippen LogP contribution is -2.35. The van der Waals surface area contributed by atoms with Gasteiger partial charge >= 0.3 is 23.9 Å². The van der Waals surface area contributed by atoms with Crippen LogP contribution in [0.3, 0.4) is 0 Å². The summed E-state index contributed by atoms with van der Waals surface area (Å²) >= 11 is 0.